The van der Waals surface area contributed by atoms with Gasteiger partial charge in [-0.2, -0.15) is 5.10 Å². The first-order chi connectivity index (χ1) is 13.4. The van der Waals surface area contributed by atoms with Gasteiger partial charge in [-0.1, -0.05) is 6.07 Å². The van der Waals surface area contributed by atoms with E-state index in [0.29, 0.717) is 37.4 Å². The average molecular weight is 404 g/mol. The lowest BCUT2D eigenvalue weighted by Crippen LogP contribution is -2.60. The summed E-state index contributed by atoms with van der Waals surface area (Å²) in [6, 6.07) is 5.20. The van der Waals surface area contributed by atoms with Crippen LogP contribution in [0.2, 0.25) is 0 Å². The van der Waals surface area contributed by atoms with Crippen molar-refractivity contribution in [3.05, 3.63) is 47.5 Å². The molecule has 4 rings (SSSR count). The lowest BCUT2D eigenvalue weighted by Gasteiger charge is -2.43. The smallest absolute Gasteiger partial charge is 0.257 e. The van der Waals surface area contributed by atoms with Gasteiger partial charge in [0, 0.05) is 44.6 Å². The van der Waals surface area contributed by atoms with Crippen LogP contribution in [0.4, 0.5) is 0 Å². The molecule has 0 N–H and O–H groups in total. The van der Waals surface area contributed by atoms with Crippen molar-refractivity contribution in [2.24, 2.45) is 0 Å². The molecule has 28 heavy (non-hydrogen) atoms. The molecule has 2 aromatic rings. The van der Waals surface area contributed by atoms with Crippen molar-refractivity contribution < 1.29 is 13.2 Å². The van der Waals surface area contributed by atoms with E-state index in [2.05, 4.69) is 15.0 Å². The van der Waals surface area contributed by atoms with Crippen molar-refractivity contribution in [2.75, 3.05) is 24.6 Å². The van der Waals surface area contributed by atoms with Gasteiger partial charge in [0.1, 0.15) is 0 Å². The summed E-state index contributed by atoms with van der Waals surface area (Å²) in [4.78, 5) is 21.5. The van der Waals surface area contributed by atoms with E-state index >= 15 is 0 Å². The maximum atomic E-state index is 13.2. The van der Waals surface area contributed by atoms with E-state index in [1.165, 1.54) is 0 Å². The van der Waals surface area contributed by atoms with E-state index in [1.807, 2.05) is 32.0 Å². The molecule has 2 aliphatic rings. The van der Waals surface area contributed by atoms with Crippen LogP contribution in [-0.2, 0) is 22.9 Å². The molecule has 8 nitrogen and oxygen atoms in total. The number of carbonyl (C=O) groups excluding carboxylic acids is 1. The predicted octanol–water partition coefficient (Wildman–Crippen LogP) is 0.730. The van der Waals surface area contributed by atoms with Gasteiger partial charge in [-0.3, -0.25) is 19.4 Å². The van der Waals surface area contributed by atoms with Crippen LogP contribution in [-0.4, -0.2) is 75.6 Å². The Morgan fingerprint density at radius 3 is 2.68 bits per heavy atom. The molecule has 0 unspecified atom stereocenters. The zero-order valence-electron chi connectivity index (χ0n) is 16.2. The number of sulfone groups is 1. The summed E-state index contributed by atoms with van der Waals surface area (Å²) in [7, 11) is -3.19. The van der Waals surface area contributed by atoms with E-state index in [1.54, 1.807) is 22.0 Å². The SMILES string of the molecule is CCn1cc(C(=O)N2CCN(Cc3ccccn3)[C@@H]3CS(=O)(=O)C[C@@H]32)c(C)n1. The Labute approximate surface area is 165 Å². The fraction of sp³-hybridized carbons (Fsp3) is 0.526. The molecule has 0 radical (unpaired) electrons. The highest BCUT2D eigenvalue weighted by Gasteiger charge is 2.48. The van der Waals surface area contributed by atoms with Gasteiger partial charge in [-0.25, -0.2) is 8.42 Å². The fourth-order valence-corrected chi connectivity index (χ4v) is 6.23. The van der Waals surface area contributed by atoms with Gasteiger partial charge in [0.25, 0.3) is 5.91 Å². The molecule has 2 saturated heterocycles. The number of aryl methyl sites for hydroxylation is 2. The standard InChI is InChI=1S/C19H25N5O3S/c1-3-23-11-16(14(2)21-23)19(25)24-9-8-22(10-15-6-4-5-7-20-15)17-12-28(26,27)13-18(17)24/h4-7,11,17-18H,3,8-10,12-13H2,1-2H3/t17-,18+/m1/s1. The molecular weight excluding hydrogens is 378 g/mol. The monoisotopic (exact) mass is 403 g/mol. The second-order valence-electron chi connectivity index (χ2n) is 7.49. The summed E-state index contributed by atoms with van der Waals surface area (Å²) >= 11 is 0. The molecule has 1 amide bonds. The highest BCUT2D eigenvalue weighted by atomic mass is 32.2. The number of fused-ring (bicyclic) bond motifs is 1. The van der Waals surface area contributed by atoms with E-state index in [9.17, 15) is 13.2 Å². The van der Waals surface area contributed by atoms with Crippen molar-refractivity contribution in [1.29, 1.82) is 0 Å². The third kappa shape index (κ3) is 3.56. The summed E-state index contributed by atoms with van der Waals surface area (Å²) < 4.78 is 26.6. The first-order valence-corrected chi connectivity index (χ1v) is 11.4. The number of rotatable bonds is 4. The number of hydrogen-bond acceptors (Lipinski definition) is 6. The van der Waals surface area contributed by atoms with E-state index < -0.39 is 9.84 Å². The van der Waals surface area contributed by atoms with Gasteiger partial charge < -0.3 is 4.90 Å². The number of carbonyl (C=O) groups is 1. The molecule has 4 heterocycles. The van der Waals surface area contributed by atoms with Crippen LogP contribution >= 0.6 is 0 Å². The van der Waals surface area contributed by atoms with Crippen molar-refractivity contribution in [3.63, 3.8) is 0 Å². The molecule has 2 atom stereocenters. The van der Waals surface area contributed by atoms with Crippen molar-refractivity contribution in [3.8, 4) is 0 Å². The summed E-state index contributed by atoms with van der Waals surface area (Å²) in [5, 5.41) is 4.36. The molecule has 0 aliphatic carbocycles. The second kappa shape index (κ2) is 7.29. The minimum atomic E-state index is -3.19. The van der Waals surface area contributed by atoms with Crippen LogP contribution < -0.4 is 0 Å². The van der Waals surface area contributed by atoms with Crippen molar-refractivity contribution in [1.82, 2.24) is 24.6 Å². The maximum absolute atomic E-state index is 13.2. The van der Waals surface area contributed by atoms with Gasteiger partial charge in [-0.15, -0.1) is 0 Å². The molecule has 0 spiro atoms. The van der Waals surface area contributed by atoms with Crippen LogP contribution in [0, 0.1) is 6.92 Å². The Morgan fingerprint density at radius 1 is 1.21 bits per heavy atom. The van der Waals surface area contributed by atoms with Crippen LogP contribution in [0.5, 0.6) is 0 Å². The van der Waals surface area contributed by atoms with Crippen LogP contribution in [0.25, 0.3) is 0 Å². The normalized spacial score (nSPS) is 24.3. The van der Waals surface area contributed by atoms with E-state index in [0.717, 1.165) is 5.69 Å². The second-order valence-corrected chi connectivity index (χ2v) is 9.64. The summed E-state index contributed by atoms with van der Waals surface area (Å²) in [6.07, 6.45) is 3.50. The van der Waals surface area contributed by atoms with Gasteiger partial charge in [-0.05, 0) is 26.0 Å². The number of aromatic nitrogens is 3. The number of amides is 1. The molecule has 0 saturated carbocycles. The lowest BCUT2D eigenvalue weighted by molar-refractivity contribution is 0.0302. The predicted molar refractivity (Wildman–Crippen MR) is 105 cm³/mol. The Hall–Kier alpha value is -2.26. The van der Waals surface area contributed by atoms with Gasteiger partial charge >= 0.3 is 0 Å². The number of hydrogen-bond donors (Lipinski definition) is 0. The fourth-order valence-electron chi connectivity index (χ4n) is 4.22. The first-order valence-electron chi connectivity index (χ1n) is 9.57. The summed E-state index contributed by atoms with van der Waals surface area (Å²) in [6.45, 7) is 6.19. The highest BCUT2D eigenvalue weighted by Crippen LogP contribution is 2.29. The molecule has 2 aromatic heterocycles. The molecule has 2 aliphatic heterocycles. The molecule has 0 bridgehead atoms. The Kier molecular flexibility index (Phi) is 4.96. The minimum Gasteiger partial charge on any atom is -0.332 e. The van der Waals surface area contributed by atoms with Crippen LogP contribution in [0.15, 0.2) is 30.6 Å². The summed E-state index contributed by atoms with van der Waals surface area (Å²) in [5.74, 6) is -0.0216. The lowest BCUT2D eigenvalue weighted by atomic mass is 10.0. The molecule has 2 fully saturated rings. The van der Waals surface area contributed by atoms with E-state index in [-0.39, 0.29) is 29.5 Å². The quantitative estimate of drug-likeness (QED) is 0.748. The van der Waals surface area contributed by atoms with Crippen LogP contribution in [0.3, 0.4) is 0 Å². The van der Waals surface area contributed by atoms with Gasteiger partial charge in [0.05, 0.1) is 34.5 Å². The highest BCUT2D eigenvalue weighted by molar-refractivity contribution is 7.91. The summed E-state index contributed by atoms with van der Waals surface area (Å²) in [5.41, 5.74) is 2.15. The Bertz CT molecular complexity index is 973. The molecule has 9 heteroatoms. The number of nitrogens with zero attached hydrogens (tertiary/aromatic N) is 5. The van der Waals surface area contributed by atoms with E-state index in [4.69, 9.17) is 0 Å². The molecule has 150 valence electrons. The average Bonchev–Trinajstić information content (AvgIpc) is 3.21. The van der Waals surface area contributed by atoms with Gasteiger partial charge in [0.15, 0.2) is 9.84 Å². The Balaban J connectivity index is 1.59. The zero-order chi connectivity index (χ0) is 19.9. The van der Waals surface area contributed by atoms with Gasteiger partial charge in [0.2, 0.25) is 0 Å². The van der Waals surface area contributed by atoms with Crippen LogP contribution in [0.1, 0.15) is 28.7 Å². The number of piperazine rings is 1. The number of pyridine rings is 1. The zero-order valence-corrected chi connectivity index (χ0v) is 17.0. The van der Waals surface area contributed by atoms with Crippen molar-refractivity contribution in [2.45, 2.75) is 39.0 Å². The third-order valence-corrected chi connectivity index (χ3v) is 7.34. The minimum absolute atomic E-state index is 0.0170. The topological polar surface area (TPSA) is 88.4 Å². The maximum Gasteiger partial charge on any atom is 0.257 e. The van der Waals surface area contributed by atoms with Crippen molar-refractivity contribution >= 4 is 15.7 Å². The Morgan fingerprint density at radius 2 is 2.00 bits per heavy atom. The largest absolute Gasteiger partial charge is 0.332 e. The third-order valence-electron chi connectivity index (χ3n) is 5.64. The molecule has 0 aromatic carbocycles. The molecular formula is C19H25N5O3S. The first kappa shape index (κ1) is 19.1.